The average Bonchev–Trinajstić information content (AvgIpc) is 3.04. The Kier molecular flexibility index (Phi) is 31.3. The lowest BCUT2D eigenvalue weighted by Gasteiger charge is -2.29. The maximum absolute atomic E-state index is 12.6. The van der Waals surface area contributed by atoms with Crippen LogP contribution in [-0.2, 0) is 19.0 Å². The first kappa shape index (κ1) is 44.7. The van der Waals surface area contributed by atoms with Gasteiger partial charge in [-0.3, -0.25) is 9.69 Å². The van der Waals surface area contributed by atoms with Crippen molar-refractivity contribution in [1.29, 1.82) is 0 Å². The second-order valence-corrected chi connectivity index (χ2v) is 13.7. The van der Waals surface area contributed by atoms with Crippen LogP contribution in [0.3, 0.4) is 0 Å². The molecule has 0 spiro atoms. The standard InChI is InChI=1S/C39H78N2O5/c1-8-13-16-21-26-36(25-15-10-3)34-45-38(42)29-24-20-18-19-23-28-37(27-22-17-14-9-2)46-39(43)44-33-32-41(35(6)7)31-30-40(11-4)12-5/h35-37H,8-34H2,1-7H3. The number of carbonyl (C=O) groups is 2. The van der Waals surface area contributed by atoms with E-state index in [2.05, 4.69) is 58.3 Å². The van der Waals surface area contributed by atoms with Crippen LogP contribution in [0.15, 0.2) is 0 Å². The number of hydrogen-bond donors (Lipinski definition) is 0. The zero-order valence-corrected chi connectivity index (χ0v) is 31.8. The summed E-state index contributed by atoms with van der Waals surface area (Å²) in [5, 5.41) is 0. The van der Waals surface area contributed by atoms with Gasteiger partial charge in [-0.1, -0.05) is 112 Å². The molecular formula is C39H78N2O5. The van der Waals surface area contributed by atoms with Crippen LogP contribution in [0.1, 0.15) is 177 Å². The van der Waals surface area contributed by atoms with Gasteiger partial charge in [0.15, 0.2) is 0 Å². The predicted molar refractivity (Wildman–Crippen MR) is 195 cm³/mol. The third kappa shape index (κ3) is 26.7. The molecule has 0 bridgehead atoms. The third-order valence-corrected chi connectivity index (χ3v) is 9.39. The van der Waals surface area contributed by atoms with Gasteiger partial charge >= 0.3 is 12.1 Å². The van der Waals surface area contributed by atoms with E-state index in [1.54, 1.807) is 0 Å². The van der Waals surface area contributed by atoms with Crippen LogP contribution in [0.4, 0.5) is 4.79 Å². The molecule has 0 aromatic rings. The van der Waals surface area contributed by atoms with Crippen molar-refractivity contribution in [1.82, 2.24) is 9.80 Å². The third-order valence-electron chi connectivity index (χ3n) is 9.39. The fourth-order valence-corrected chi connectivity index (χ4v) is 6.03. The molecule has 46 heavy (non-hydrogen) atoms. The Morgan fingerprint density at radius 2 is 1.13 bits per heavy atom. The summed E-state index contributed by atoms with van der Waals surface area (Å²) in [5.41, 5.74) is 0. The maximum Gasteiger partial charge on any atom is 0.508 e. The fourth-order valence-electron chi connectivity index (χ4n) is 6.03. The first-order chi connectivity index (χ1) is 22.3. The molecule has 2 unspecified atom stereocenters. The van der Waals surface area contributed by atoms with E-state index in [9.17, 15) is 9.59 Å². The number of esters is 1. The van der Waals surface area contributed by atoms with Gasteiger partial charge in [0, 0.05) is 32.1 Å². The number of hydrogen-bond acceptors (Lipinski definition) is 7. The Hall–Kier alpha value is -1.34. The van der Waals surface area contributed by atoms with Gasteiger partial charge in [-0.25, -0.2) is 4.79 Å². The lowest BCUT2D eigenvalue weighted by Crippen LogP contribution is -2.40. The van der Waals surface area contributed by atoms with Crippen LogP contribution in [-0.4, -0.2) is 80.0 Å². The zero-order chi connectivity index (χ0) is 34.3. The van der Waals surface area contributed by atoms with Crippen LogP contribution in [0, 0.1) is 5.92 Å². The second kappa shape index (κ2) is 32.2. The van der Waals surface area contributed by atoms with E-state index < -0.39 is 6.16 Å². The van der Waals surface area contributed by atoms with Crippen molar-refractivity contribution in [3.63, 3.8) is 0 Å². The quantitative estimate of drug-likeness (QED) is 0.0515. The molecular weight excluding hydrogens is 576 g/mol. The molecule has 0 radical (unpaired) electrons. The van der Waals surface area contributed by atoms with Gasteiger partial charge in [0.25, 0.3) is 0 Å². The van der Waals surface area contributed by atoms with Crippen LogP contribution in [0.5, 0.6) is 0 Å². The summed E-state index contributed by atoms with van der Waals surface area (Å²) in [4.78, 5) is 29.8. The van der Waals surface area contributed by atoms with E-state index in [0.717, 1.165) is 84.1 Å². The van der Waals surface area contributed by atoms with Crippen LogP contribution >= 0.6 is 0 Å². The molecule has 7 heteroatoms. The molecule has 0 heterocycles. The smallest absolute Gasteiger partial charge is 0.465 e. The number of carbonyl (C=O) groups excluding carboxylic acids is 2. The first-order valence-electron chi connectivity index (χ1n) is 19.8. The van der Waals surface area contributed by atoms with Gasteiger partial charge in [-0.2, -0.15) is 0 Å². The molecule has 0 saturated heterocycles. The molecule has 2 atom stereocenters. The van der Waals surface area contributed by atoms with Crippen LogP contribution < -0.4 is 0 Å². The summed E-state index contributed by atoms with van der Waals surface area (Å²) < 4.78 is 17.1. The van der Waals surface area contributed by atoms with E-state index in [1.807, 2.05) is 0 Å². The highest BCUT2D eigenvalue weighted by atomic mass is 16.7. The van der Waals surface area contributed by atoms with E-state index in [1.165, 1.54) is 70.6 Å². The Morgan fingerprint density at radius 1 is 0.587 bits per heavy atom. The minimum atomic E-state index is -0.524. The summed E-state index contributed by atoms with van der Waals surface area (Å²) in [7, 11) is 0. The average molecular weight is 655 g/mol. The van der Waals surface area contributed by atoms with E-state index >= 15 is 0 Å². The van der Waals surface area contributed by atoms with E-state index in [-0.39, 0.29) is 12.1 Å². The molecule has 0 fully saturated rings. The Morgan fingerprint density at radius 3 is 1.72 bits per heavy atom. The van der Waals surface area contributed by atoms with Crippen molar-refractivity contribution in [3.05, 3.63) is 0 Å². The van der Waals surface area contributed by atoms with Gasteiger partial charge in [0.2, 0.25) is 0 Å². The molecule has 0 aliphatic heterocycles. The van der Waals surface area contributed by atoms with Crippen LogP contribution in [0.25, 0.3) is 0 Å². The van der Waals surface area contributed by atoms with Crippen molar-refractivity contribution in [2.45, 2.75) is 189 Å². The topological polar surface area (TPSA) is 68.3 Å². The molecule has 0 aromatic carbocycles. The maximum atomic E-state index is 12.6. The Balaban J connectivity index is 4.38. The predicted octanol–water partition coefficient (Wildman–Crippen LogP) is 10.6. The summed E-state index contributed by atoms with van der Waals surface area (Å²) in [5.74, 6) is 0.488. The highest BCUT2D eigenvalue weighted by molar-refractivity contribution is 5.69. The minimum absolute atomic E-state index is 0.0329. The monoisotopic (exact) mass is 655 g/mol. The summed E-state index contributed by atoms with van der Waals surface area (Å²) in [6.07, 6.45) is 21.4. The SMILES string of the molecule is CCCCCCC(CCCC)COC(=O)CCCCCCCC(CCCCCC)OC(=O)OCCN(CCN(CC)CC)C(C)C. The van der Waals surface area contributed by atoms with Gasteiger partial charge in [-0.15, -0.1) is 0 Å². The number of likely N-dealkylation sites (N-methyl/N-ethyl adjacent to an activating group) is 1. The highest BCUT2D eigenvalue weighted by Gasteiger charge is 2.17. The van der Waals surface area contributed by atoms with E-state index in [0.29, 0.717) is 31.6 Å². The molecule has 0 aromatic heterocycles. The largest absolute Gasteiger partial charge is 0.508 e. The minimum Gasteiger partial charge on any atom is -0.465 e. The molecule has 0 aliphatic rings. The number of rotatable bonds is 33. The number of nitrogens with zero attached hydrogens (tertiary/aromatic N) is 2. The summed E-state index contributed by atoms with van der Waals surface area (Å²) in [6, 6.07) is 0.403. The lowest BCUT2D eigenvalue weighted by atomic mass is 9.96. The summed E-state index contributed by atoms with van der Waals surface area (Å²) in [6.45, 7) is 21.3. The molecule has 0 aliphatic carbocycles. The second-order valence-electron chi connectivity index (χ2n) is 13.7. The fraction of sp³-hybridized carbons (Fsp3) is 0.949. The number of ether oxygens (including phenoxy) is 3. The Bertz CT molecular complexity index is 685. The van der Waals surface area contributed by atoms with Gasteiger partial charge in [0.05, 0.1) is 6.61 Å². The van der Waals surface area contributed by atoms with Gasteiger partial charge in [-0.05, 0) is 77.8 Å². The molecule has 0 N–H and O–H groups in total. The van der Waals surface area contributed by atoms with E-state index in [4.69, 9.17) is 14.2 Å². The molecule has 0 amide bonds. The zero-order valence-electron chi connectivity index (χ0n) is 31.8. The number of unbranched alkanes of at least 4 members (excludes halogenated alkanes) is 11. The molecule has 274 valence electrons. The molecule has 7 nitrogen and oxygen atoms in total. The first-order valence-corrected chi connectivity index (χ1v) is 19.8. The van der Waals surface area contributed by atoms with Crippen molar-refractivity contribution >= 4 is 12.1 Å². The van der Waals surface area contributed by atoms with Gasteiger partial charge in [0.1, 0.15) is 12.7 Å². The summed E-state index contributed by atoms with van der Waals surface area (Å²) >= 11 is 0. The highest BCUT2D eigenvalue weighted by Crippen LogP contribution is 2.19. The lowest BCUT2D eigenvalue weighted by molar-refractivity contribution is -0.145. The molecule has 0 rings (SSSR count). The van der Waals surface area contributed by atoms with Crippen molar-refractivity contribution < 1.29 is 23.8 Å². The van der Waals surface area contributed by atoms with Crippen molar-refractivity contribution in [3.8, 4) is 0 Å². The van der Waals surface area contributed by atoms with Crippen molar-refractivity contribution in [2.75, 3.05) is 45.9 Å². The normalized spacial score (nSPS) is 13.0. The Labute approximate surface area is 286 Å². The van der Waals surface area contributed by atoms with Crippen LogP contribution in [0.2, 0.25) is 0 Å². The van der Waals surface area contributed by atoms with Gasteiger partial charge < -0.3 is 19.1 Å². The van der Waals surface area contributed by atoms with Crippen molar-refractivity contribution in [2.24, 2.45) is 5.92 Å². The molecule has 0 saturated carbocycles.